The monoisotopic (exact) mass is 246 g/mol. The molecule has 0 radical (unpaired) electrons. The number of aromatic amines is 1. The van der Waals surface area contributed by atoms with Crippen LogP contribution in [0.5, 0.6) is 0 Å². The molecule has 2 heterocycles. The summed E-state index contributed by atoms with van der Waals surface area (Å²) < 4.78 is 13.6. The van der Waals surface area contributed by atoms with Crippen LogP contribution in [0.1, 0.15) is 5.56 Å². The molecule has 0 bridgehead atoms. The quantitative estimate of drug-likeness (QED) is 0.714. The van der Waals surface area contributed by atoms with Gasteiger partial charge in [0.1, 0.15) is 5.82 Å². The topological polar surface area (TPSA) is 41.8 Å². The fourth-order valence-corrected chi connectivity index (χ4v) is 2.88. The summed E-state index contributed by atoms with van der Waals surface area (Å²) in [5.74, 6) is -0.198. The van der Waals surface area contributed by atoms with E-state index in [2.05, 4.69) is 4.98 Å². The molecule has 3 aromatic rings. The molecule has 4 heteroatoms. The highest BCUT2D eigenvalue weighted by molar-refractivity contribution is 7.13. The van der Waals surface area contributed by atoms with Crippen molar-refractivity contribution in [2.75, 3.05) is 0 Å². The van der Waals surface area contributed by atoms with E-state index in [1.165, 1.54) is 6.07 Å². The lowest BCUT2D eigenvalue weighted by molar-refractivity contribution is 0.640. The molecule has 0 aliphatic carbocycles. The van der Waals surface area contributed by atoms with E-state index in [9.17, 15) is 4.39 Å². The van der Waals surface area contributed by atoms with E-state index >= 15 is 0 Å². The highest BCUT2D eigenvalue weighted by Gasteiger charge is 2.10. The van der Waals surface area contributed by atoms with Crippen LogP contribution in [0.15, 0.2) is 35.7 Å². The average Bonchev–Trinajstić information content (AvgIpc) is 2.94. The Hall–Kier alpha value is -1.65. The lowest BCUT2D eigenvalue weighted by Crippen LogP contribution is -1.95. The van der Waals surface area contributed by atoms with Crippen LogP contribution in [0.3, 0.4) is 0 Å². The molecule has 0 atom stereocenters. The Labute approximate surface area is 102 Å². The van der Waals surface area contributed by atoms with Crippen molar-refractivity contribution in [3.8, 4) is 10.6 Å². The van der Waals surface area contributed by atoms with Crippen molar-refractivity contribution in [2.24, 2.45) is 5.73 Å². The van der Waals surface area contributed by atoms with Gasteiger partial charge in [-0.2, -0.15) is 0 Å². The summed E-state index contributed by atoms with van der Waals surface area (Å²) in [6, 6.07) is 8.89. The third kappa shape index (κ3) is 1.66. The number of hydrogen-bond acceptors (Lipinski definition) is 2. The number of fused-ring (bicyclic) bond motifs is 1. The third-order valence-electron chi connectivity index (χ3n) is 2.82. The van der Waals surface area contributed by atoms with Gasteiger partial charge in [-0.1, -0.05) is 6.07 Å². The molecule has 1 aromatic carbocycles. The van der Waals surface area contributed by atoms with Crippen molar-refractivity contribution < 1.29 is 4.39 Å². The Morgan fingerprint density at radius 2 is 2.18 bits per heavy atom. The first kappa shape index (κ1) is 10.5. The summed E-state index contributed by atoms with van der Waals surface area (Å²) in [6.45, 7) is 0.497. The molecule has 0 unspecified atom stereocenters. The molecule has 3 rings (SSSR count). The zero-order valence-corrected chi connectivity index (χ0v) is 9.85. The normalized spacial score (nSPS) is 11.2. The summed E-state index contributed by atoms with van der Waals surface area (Å²) in [4.78, 5) is 4.31. The Morgan fingerprint density at radius 1 is 1.29 bits per heavy atom. The number of thiophene rings is 1. The fraction of sp³-hybridized carbons (Fsp3) is 0.0769. The van der Waals surface area contributed by atoms with Gasteiger partial charge >= 0.3 is 0 Å². The van der Waals surface area contributed by atoms with Crippen LogP contribution in [-0.4, -0.2) is 4.98 Å². The maximum Gasteiger partial charge on any atom is 0.132 e. The fourth-order valence-electron chi connectivity index (χ4n) is 1.97. The van der Waals surface area contributed by atoms with Crippen molar-refractivity contribution in [1.82, 2.24) is 4.98 Å². The van der Waals surface area contributed by atoms with Gasteiger partial charge in [0.2, 0.25) is 0 Å². The molecule has 2 aromatic heterocycles. The predicted octanol–water partition coefficient (Wildman–Crippen LogP) is 3.49. The lowest BCUT2D eigenvalue weighted by Gasteiger charge is -1.97. The molecule has 0 amide bonds. The van der Waals surface area contributed by atoms with Crippen LogP contribution in [0.25, 0.3) is 21.5 Å². The minimum atomic E-state index is -0.198. The van der Waals surface area contributed by atoms with Gasteiger partial charge in [0.25, 0.3) is 0 Å². The molecule has 17 heavy (non-hydrogen) atoms. The number of H-pyrrole nitrogens is 1. The second-order valence-electron chi connectivity index (χ2n) is 3.86. The first-order valence-corrected chi connectivity index (χ1v) is 6.21. The minimum Gasteiger partial charge on any atom is -0.354 e. The molecule has 0 saturated carbocycles. The van der Waals surface area contributed by atoms with Gasteiger partial charge in [-0.3, -0.25) is 0 Å². The minimum absolute atomic E-state index is 0.198. The van der Waals surface area contributed by atoms with E-state index in [-0.39, 0.29) is 5.82 Å². The summed E-state index contributed by atoms with van der Waals surface area (Å²) >= 11 is 1.61. The number of halogens is 1. The van der Waals surface area contributed by atoms with E-state index in [1.54, 1.807) is 17.4 Å². The predicted molar refractivity (Wildman–Crippen MR) is 69.5 cm³/mol. The Morgan fingerprint density at radius 3 is 2.94 bits per heavy atom. The standard InChI is InChI=1S/C13H11FN2S/c14-10-2-1-3-11-9(10)6-12(16-11)13-8(7-15)4-5-17-13/h1-6,16H,7,15H2. The van der Waals surface area contributed by atoms with Gasteiger partial charge in [-0.15, -0.1) is 11.3 Å². The lowest BCUT2D eigenvalue weighted by atomic mass is 10.2. The highest BCUT2D eigenvalue weighted by Crippen LogP contribution is 2.31. The van der Waals surface area contributed by atoms with E-state index in [0.717, 1.165) is 21.7 Å². The maximum atomic E-state index is 13.6. The smallest absolute Gasteiger partial charge is 0.132 e. The van der Waals surface area contributed by atoms with Crippen molar-refractivity contribution in [3.05, 3.63) is 47.1 Å². The van der Waals surface area contributed by atoms with Crippen molar-refractivity contribution in [2.45, 2.75) is 6.54 Å². The summed E-state index contributed by atoms with van der Waals surface area (Å²) in [7, 11) is 0. The van der Waals surface area contributed by atoms with Crippen LogP contribution in [0, 0.1) is 5.82 Å². The van der Waals surface area contributed by atoms with Crippen molar-refractivity contribution in [3.63, 3.8) is 0 Å². The molecule has 0 aliphatic heterocycles. The van der Waals surface area contributed by atoms with Gasteiger partial charge in [-0.25, -0.2) is 4.39 Å². The van der Waals surface area contributed by atoms with Gasteiger partial charge < -0.3 is 10.7 Å². The van der Waals surface area contributed by atoms with Gasteiger partial charge in [0.05, 0.1) is 10.6 Å². The SMILES string of the molecule is NCc1ccsc1-c1cc2c(F)cccc2[nH]1. The molecule has 86 valence electrons. The second-order valence-corrected chi connectivity index (χ2v) is 4.78. The molecular weight excluding hydrogens is 235 g/mol. The van der Waals surface area contributed by atoms with Gasteiger partial charge in [-0.05, 0) is 35.2 Å². The second kappa shape index (κ2) is 3.98. The zero-order valence-electron chi connectivity index (χ0n) is 9.03. The van der Waals surface area contributed by atoms with Crippen LogP contribution in [0.4, 0.5) is 4.39 Å². The van der Waals surface area contributed by atoms with Crippen LogP contribution in [0.2, 0.25) is 0 Å². The van der Waals surface area contributed by atoms with E-state index in [1.807, 2.05) is 23.6 Å². The Bertz CT molecular complexity index is 669. The van der Waals surface area contributed by atoms with E-state index in [4.69, 9.17) is 5.73 Å². The van der Waals surface area contributed by atoms with Crippen molar-refractivity contribution in [1.29, 1.82) is 0 Å². The van der Waals surface area contributed by atoms with Gasteiger partial charge in [0.15, 0.2) is 0 Å². The van der Waals surface area contributed by atoms with Crippen LogP contribution < -0.4 is 5.73 Å². The molecule has 0 fully saturated rings. The largest absolute Gasteiger partial charge is 0.354 e. The number of nitrogens with one attached hydrogen (secondary N) is 1. The van der Waals surface area contributed by atoms with E-state index in [0.29, 0.717) is 11.9 Å². The molecule has 2 nitrogen and oxygen atoms in total. The molecule has 0 spiro atoms. The molecular formula is C13H11FN2S. The highest BCUT2D eigenvalue weighted by atomic mass is 32.1. The molecule has 3 N–H and O–H groups in total. The maximum absolute atomic E-state index is 13.6. The van der Waals surface area contributed by atoms with Crippen LogP contribution in [-0.2, 0) is 6.54 Å². The Kier molecular flexibility index (Phi) is 2.46. The van der Waals surface area contributed by atoms with E-state index < -0.39 is 0 Å². The zero-order chi connectivity index (χ0) is 11.8. The summed E-state index contributed by atoms with van der Waals surface area (Å²) in [5.41, 5.74) is 8.51. The average molecular weight is 246 g/mol. The Balaban J connectivity index is 2.22. The number of benzene rings is 1. The summed E-state index contributed by atoms with van der Waals surface area (Å²) in [6.07, 6.45) is 0. The first-order valence-electron chi connectivity index (χ1n) is 5.33. The van der Waals surface area contributed by atoms with Crippen molar-refractivity contribution >= 4 is 22.2 Å². The number of aromatic nitrogens is 1. The van der Waals surface area contributed by atoms with Crippen LogP contribution >= 0.6 is 11.3 Å². The number of hydrogen-bond donors (Lipinski definition) is 2. The molecule has 0 saturated heterocycles. The van der Waals surface area contributed by atoms with Gasteiger partial charge in [0, 0.05) is 17.4 Å². The third-order valence-corrected chi connectivity index (χ3v) is 3.81. The number of rotatable bonds is 2. The number of nitrogens with two attached hydrogens (primary N) is 1. The first-order chi connectivity index (χ1) is 8.29. The molecule has 0 aliphatic rings. The summed E-state index contributed by atoms with van der Waals surface area (Å²) in [5, 5.41) is 2.62.